The number of hydrogen-bond acceptors (Lipinski definition) is 6. The molecule has 0 amide bonds. The van der Waals surface area contributed by atoms with Crippen molar-refractivity contribution >= 4 is 22.8 Å². The minimum absolute atomic E-state index is 0.0608. The molecule has 0 saturated heterocycles. The van der Waals surface area contributed by atoms with Crippen LogP contribution in [0.15, 0.2) is 36.1 Å². The number of aromatic nitrogens is 1. The molecule has 0 atom stereocenters. The molecular weight excluding hydrogens is 384 g/mol. The summed E-state index contributed by atoms with van der Waals surface area (Å²) in [5, 5.41) is 20.7. The molecular formula is C23H24N2O5. The second-order valence-corrected chi connectivity index (χ2v) is 7.61. The predicted octanol–water partition coefficient (Wildman–Crippen LogP) is 3.55. The minimum Gasteiger partial charge on any atom is -0.508 e. The number of carbonyl (C=O) groups excluding carboxylic acids is 1. The highest BCUT2D eigenvalue weighted by Gasteiger charge is 2.32. The Morgan fingerprint density at radius 2 is 1.97 bits per heavy atom. The van der Waals surface area contributed by atoms with Gasteiger partial charge in [0, 0.05) is 47.4 Å². The predicted molar refractivity (Wildman–Crippen MR) is 114 cm³/mol. The van der Waals surface area contributed by atoms with E-state index < -0.39 is 5.78 Å². The van der Waals surface area contributed by atoms with Crippen LogP contribution in [0.25, 0.3) is 17.0 Å². The van der Waals surface area contributed by atoms with Gasteiger partial charge in [0.15, 0.2) is 5.76 Å². The number of likely N-dealkylation sites (N-methyl/N-ethyl adjacent to an activating group) is 1. The Kier molecular flexibility index (Phi) is 4.91. The van der Waals surface area contributed by atoms with Gasteiger partial charge in [-0.3, -0.25) is 4.79 Å². The van der Waals surface area contributed by atoms with Gasteiger partial charge in [-0.2, -0.15) is 0 Å². The Hall–Kier alpha value is -3.45. The molecule has 0 radical (unpaired) electrons. The van der Waals surface area contributed by atoms with Crippen molar-refractivity contribution in [2.24, 2.45) is 0 Å². The molecule has 1 aliphatic heterocycles. The number of ketones is 1. The highest BCUT2D eigenvalue weighted by molar-refractivity contribution is 6.17. The summed E-state index contributed by atoms with van der Waals surface area (Å²) < 4.78 is 13.3. The molecule has 30 heavy (non-hydrogen) atoms. The Morgan fingerprint density at radius 3 is 2.67 bits per heavy atom. The van der Waals surface area contributed by atoms with E-state index in [1.165, 1.54) is 6.07 Å². The first-order chi connectivity index (χ1) is 14.3. The van der Waals surface area contributed by atoms with Crippen LogP contribution in [-0.4, -0.2) is 53.2 Å². The molecule has 1 aliphatic rings. The van der Waals surface area contributed by atoms with E-state index in [9.17, 15) is 15.0 Å². The van der Waals surface area contributed by atoms with Crippen molar-refractivity contribution in [3.05, 3.63) is 52.9 Å². The second kappa shape index (κ2) is 7.42. The monoisotopic (exact) mass is 408 g/mol. The molecule has 3 aromatic rings. The molecule has 0 unspecified atom stereocenters. The van der Waals surface area contributed by atoms with Gasteiger partial charge in [0.2, 0.25) is 5.78 Å². The lowest BCUT2D eigenvalue weighted by molar-refractivity contribution is 0.101. The molecule has 0 aliphatic carbocycles. The number of carbonyl (C=O) groups is 1. The van der Waals surface area contributed by atoms with Crippen LogP contribution in [0.2, 0.25) is 0 Å². The van der Waals surface area contributed by atoms with Gasteiger partial charge >= 0.3 is 0 Å². The maximum absolute atomic E-state index is 12.9. The average molecular weight is 408 g/mol. The SMILES string of the molecule is COc1ccc2c(c1)c(C=C1Oc3cc(O)cc(O)c3C1=O)c(C)n2CCN(C)C. The van der Waals surface area contributed by atoms with Crippen LogP contribution in [0.4, 0.5) is 0 Å². The normalized spacial score (nSPS) is 14.6. The maximum Gasteiger partial charge on any atom is 0.235 e. The van der Waals surface area contributed by atoms with E-state index >= 15 is 0 Å². The fourth-order valence-electron chi connectivity index (χ4n) is 3.79. The third kappa shape index (κ3) is 3.27. The van der Waals surface area contributed by atoms with Crippen molar-refractivity contribution in [1.82, 2.24) is 9.47 Å². The van der Waals surface area contributed by atoms with Gasteiger partial charge in [0.05, 0.1) is 7.11 Å². The molecule has 1 aromatic heterocycles. The van der Waals surface area contributed by atoms with Gasteiger partial charge in [0.1, 0.15) is 28.6 Å². The first kappa shape index (κ1) is 19.8. The summed E-state index contributed by atoms with van der Waals surface area (Å²) in [6.45, 7) is 3.65. The fourth-order valence-corrected chi connectivity index (χ4v) is 3.79. The summed E-state index contributed by atoms with van der Waals surface area (Å²) in [5.41, 5.74) is 2.94. The van der Waals surface area contributed by atoms with Gasteiger partial charge in [0.25, 0.3) is 0 Å². The third-order valence-electron chi connectivity index (χ3n) is 5.36. The van der Waals surface area contributed by atoms with Crippen LogP contribution >= 0.6 is 0 Å². The van der Waals surface area contributed by atoms with E-state index in [2.05, 4.69) is 9.47 Å². The topological polar surface area (TPSA) is 84.2 Å². The van der Waals surface area contributed by atoms with Crippen LogP contribution in [0.1, 0.15) is 21.6 Å². The standard InChI is InChI=1S/C23H24N2O5/c1-13-16(12-21-23(28)22-19(27)9-14(26)10-20(22)30-21)17-11-15(29-4)5-6-18(17)25(13)8-7-24(2)3/h5-6,9-12,26-27H,7-8H2,1-4H3. The molecule has 0 spiro atoms. The number of ether oxygens (including phenoxy) is 2. The number of phenols is 2. The summed E-state index contributed by atoms with van der Waals surface area (Å²) in [6.07, 6.45) is 1.70. The van der Waals surface area contributed by atoms with Crippen molar-refractivity contribution in [2.75, 3.05) is 27.7 Å². The van der Waals surface area contributed by atoms with Crippen molar-refractivity contribution in [3.8, 4) is 23.0 Å². The summed E-state index contributed by atoms with van der Waals surface area (Å²) >= 11 is 0. The van der Waals surface area contributed by atoms with Gasteiger partial charge in [-0.05, 0) is 45.3 Å². The van der Waals surface area contributed by atoms with E-state index in [0.29, 0.717) is 0 Å². The van der Waals surface area contributed by atoms with Crippen molar-refractivity contribution < 1.29 is 24.5 Å². The smallest absolute Gasteiger partial charge is 0.235 e. The third-order valence-corrected chi connectivity index (χ3v) is 5.36. The number of methoxy groups -OCH3 is 1. The van der Waals surface area contributed by atoms with Crippen molar-refractivity contribution in [1.29, 1.82) is 0 Å². The van der Waals surface area contributed by atoms with Crippen LogP contribution in [0.3, 0.4) is 0 Å². The largest absolute Gasteiger partial charge is 0.508 e. The second-order valence-electron chi connectivity index (χ2n) is 7.61. The summed E-state index contributed by atoms with van der Waals surface area (Å²) in [4.78, 5) is 15.0. The average Bonchev–Trinajstić information content (AvgIpc) is 3.14. The number of aromatic hydroxyl groups is 2. The Balaban J connectivity index is 1.85. The lowest BCUT2D eigenvalue weighted by Crippen LogP contribution is -2.18. The zero-order valence-electron chi connectivity index (χ0n) is 17.4. The zero-order valence-corrected chi connectivity index (χ0v) is 17.4. The molecule has 7 nitrogen and oxygen atoms in total. The highest BCUT2D eigenvalue weighted by Crippen LogP contribution is 2.41. The zero-order chi connectivity index (χ0) is 21.6. The molecule has 2 N–H and O–H groups in total. The van der Waals surface area contributed by atoms with Crippen molar-refractivity contribution in [3.63, 3.8) is 0 Å². The molecule has 7 heteroatoms. The molecule has 2 heterocycles. The number of allylic oxidation sites excluding steroid dienone is 1. The quantitative estimate of drug-likeness (QED) is 0.628. The first-order valence-corrected chi connectivity index (χ1v) is 9.62. The number of rotatable bonds is 5. The van der Waals surface area contributed by atoms with Crippen LogP contribution in [0, 0.1) is 6.92 Å². The number of hydrogen-bond donors (Lipinski definition) is 2. The van der Waals surface area contributed by atoms with Crippen LogP contribution in [0.5, 0.6) is 23.0 Å². The maximum atomic E-state index is 12.9. The van der Waals surface area contributed by atoms with Crippen LogP contribution in [-0.2, 0) is 6.54 Å². The molecule has 0 saturated carbocycles. The lowest BCUT2D eigenvalue weighted by Gasteiger charge is -2.13. The Bertz CT molecular complexity index is 1190. The molecule has 156 valence electrons. The Labute approximate surface area is 174 Å². The summed E-state index contributed by atoms with van der Waals surface area (Å²) in [6, 6.07) is 8.32. The lowest BCUT2D eigenvalue weighted by atomic mass is 10.1. The molecule has 0 bridgehead atoms. The molecule has 2 aromatic carbocycles. The van der Waals surface area contributed by atoms with E-state index in [1.807, 2.05) is 39.2 Å². The molecule has 0 fully saturated rings. The van der Waals surface area contributed by atoms with Crippen molar-refractivity contribution in [2.45, 2.75) is 13.5 Å². The van der Waals surface area contributed by atoms with E-state index in [-0.39, 0.29) is 28.6 Å². The summed E-state index contributed by atoms with van der Waals surface area (Å²) in [7, 11) is 5.67. The van der Waals surface area contributed by atoms with Gasteiger partial charge in [-0.1, -0.05) is 0 Å². The van der Waals surface area contributed by atoms with Gasteiger partial charge in [-0.15, -0.1) is 0 Å². The molecule has 4 rings (SSSR count). The highest BCUT2D eigenvalue weighted by atomic mass is 16.5. The number of phenolic OH excluding ortho intramolecular Hbond substituents is 2. The van der Waals surface area contributed by atoms with E-state index in [1.54, 1.807) is 13.2 Å². The number of Topliss-reactive ketones (excluding diaryl/α,β-unsaturated/α-hetero) is 1. The number of nitrogens with zero attached hydrogens (tertiary/aromatic N) is 2. The minimum atomic E-state index is -0.418. The van der Waals surface area contributed by atoms with Gasteiger partial charge < -0.3 is 29.2 Å². The number of fused-ring (bicyclic) bond motifs is 2. The van der Waals surface area contributed by atoms with E-state index in [0.717, 1.165) is 47.1 Å². The number of benzene rings is 2. The first-order valence-electron chi connectivity index (χ1n) is 9.62. The van der Waals surface area contributed by atoms with Gasteiger partial charge in [-0.25, -0.2) is 0 Å². The van der Waals surface area contributed by atoms with E-state index in [4.69, 9.17) is 9.47 Å². The Morgan fingerprint density at radius 1 is 1.20 bits per heavy atom. The van der Waals surface area contributed by atoms with Crippen LogP contribution < -0.4 is 9.47 Å². The summed E-state index contributed by atoms with van der Waals surface area (Å²) in [5.74, 6) is 0.0842. The fraction of sp³-hybridized carbons (Fsp3) is 0.261.